The Morgan fingerprint density at radius 1 is 0.682 bits per heavy atom. The van der Waals surface area contributed by atoms with Gasteiger partial charge in [-0.25, -0.2) is 9.97 Å². The molecule has 9 nitrogen and oxygen atoms in total. The Kier molecular flexibility index (Phi) is 10.4. The number of rotatable bonds is 8. The van der Waals surface area contributed by atoms with E-state index in [2.05, 4.69) is 13.2 Å². The fourth-order valence-corrected chi connectivity index (χ4v) is 5.61. The van der Waals surface area contributed by atoms with E-state index < -0.39 is 11.9 Å². The molecule has 0 aromatic carbocycles. The number of carbonyl (C=O) groups is 2. The molecule has 0 fully saturated rings. The van der Waals surface area contributed by atoms with E-state index >= 15 is 0 Å². The number of hydrogen-bond acceptors (Lipinski definition) is 5. The second-order valence-electron chi connectivity index (χ2n) is 10.6. The molecule has 230 valence electrons. The van der Waals surface area contributed by atoms with E-state index in [0.29, 0.717) is 40.6 Å². The Hall–Kier alpha value is -4.50. The van der Waals surface area contributed by atoms with Crippen LogP contribution >= 0.6 is 0 Å². The van der Waals surface area contributed by atoms with Crippen molar-refractivity contribution in [2.45, 2.75) is 53.4 Å². The smallest absolute Gasteiger partial charge is 0.303 e. The first-order valence-electron chi connectivity index (χ1n) is 13.8. The molecule has 0 radical (unpaired) electrons. The Morgan fingerprint density at radius 2 is 1.07 bits per heavy atom. The molecule has 0 amide bonds. The van der Waals surface area contributed by atoms with E-state index in [1.54, 1.807) is 12.2 Å². The van der Waals surface area contributed by atoms with Crippen molar-refractivity contribution >= 4 is 56.3 Å². The van der Waals surface area contributed by atoms with Gasteiger partial charge in [-0.3, -0.25) is 9.59 Å². The van der Waals surface area contributed by atoms with Crippen molar-refractivity contribution in [3.63, 3.8) is 0 Å². The van der Waals surface area contributed by atoms with Crippen molar-refractivity contribution in [2.75, 3.05) is 0 Å². The van der Waals surface area contributed by atoms with Crippen molar-refractivity contribution in [3.8, 4) is 0 Å². The van der Waals surface area contributed by atoms with Gasteiger partial charge in [0.1, 0.15) is 0 Å². The fourth-order valence-electron chi connectivity index (χ4n) is 5.61. The molecule has 0 spiro atoms. The molecule has 0 saturated heterocycles. The maximum Gasteiger partial charge on any atom is 0.303 e. The number of carboxylic acid groups (broad SMARTS) is 2. The number of nitrogens with zero attached hydrogens (tertiary/aromatic N) is 4. The summed E-state index contributed by atoms with van der Waals surface area (Å²) in [6, 6.07) is 7.62. The number of aryl methyl sites for hydroxylation is 4. The number of hydrogen-bond donors (Lipinski definition) is 2. The standard InChI is InChI=1S/C34H34N4O4.Fe.H2O/c1-7-21-17(3)25-13-26-19(5)23(9-11-33(39)40)31(37-26)16-32-24(10-12-34(41)42)20(6)28(38-32)15-30-22(8-2)18(4)27(36-30)14-29(21)35-25;;/h7-8,13-16H,1-2,9-12H2,3-6H3,(H4,35,36,37,38,39,40,41,42);;1H2/p-3. The summed E-state index contributed by atoms with van der Waals surface area (Å²) in [6.45, 7) is 15.9. The van der Waals surface area contributed by atoms with Gasteiger partial charge >= 0.3 is 11.9 Å². The summed E-state index contributed by atoms with van der Waals surface area (Å²) in [4.78, 5) is 42.7. The summed E-state index contributed by atoms with van der Waals surface area (Å²) < 4.78 is 0. The minimum absolute atomic E-state index is 0. The molecule has 10 heteroatoms. The van der Waals surface area contributed by atoms with Crippen LogP contribution in [0.4, 0.5) is 0 Å². The molecule has 0 aliphatic carbocycles. The van der Waals surface area contributed by atoms with Gasteiger partial charge in [-0.05, 0) is 57.7 Å². The molecule has 8 bridgehead atoms. The summed E-state index contributed by atoms with van der Waals surface area (Å²) >= 11 is 0. The van der Waals surface area contributed by atoms with Gasteiger partial charge in [0.05, 0.1) is 22.8 Å². The molecule has 44 heavy (non-hydrogen) atoms. The molecule has 0 saturated carbocycles. The van der Waals surface area contributed by atoms with Crippen LogP contribution in [0.25, 0.3) is 44.4 Å². The Bertz CT molecular complexity index is 1930. The van der Waals surface area contributed by atoms with E-state index in [-0.39, 0.29) is 35.4 Å². The maximum atomic E-state index is 11.5. The van der Waals surface area contributed by atoms with E-state index in [0.717, 1.165) is 61.6 Å². The molecule has 3 aromatic heterocycles. The van der Waals surface area contributed by atoms with Crippen LogP contribution in [0.1, 0.15) is 71.7 Å². The Balaban J connectivity index is 0.00000264. The van der Waals surface area contributed by atoms with Gasteiger partial charge in [-0.1, -0.05) is 65.8 Å². The quantitative estimate of drug-likeness (QED) is 0.272. The predicted molar refractivity (Wildman–Crippen MR) is 168 cm³/mol. The minimum atomic E-state index is -0.898. The van der Waals surface area contributed by atoms with Crippen molar-refractivity contribution in [3.05, 3.63) is 94.6 Å². The molecule has 3 aromatic rings. The molecule has 0 atom stereocenters. The number of carboxylic acids is 2. The maximum absolute atomic E-state index is 11.5. The second kappa shape index (κ2) is 13.4. The summed E-state index contributed by atoms with van der Waals surface area (Å²) in [7, 11) is 0. The van der Waals surface area contributed by atoms with Crippen molar-refractivity contribution in [2.24, 2.45) is 0 Å². The molecular formula is C34H33FeN4O5-3. The average Bonchev–Trinajstić information content (AvgIpc) is 3.59. The van der Waals surface area contributed by atoms with Crippen molar-refractivity contribution in [1.82, 2.24) is 19.9 Å². The fraction of sp³-hybridized carbons (Fsp3) is 0.235. The van der Waals surface area contributed by atoms with Crippen LogP contribution in [0.3, 0.4) is 0 Å². The molecule has 2 aliphatic rings. The third-order valence-corrected chi connectivity index (χ3v) is 8.06. The molecular weight excluding hydrogens is 600 g/mol. The number of aliphatic carboxylic acids is 2. The van der Waals surface area contributed by atoms with Crippen LogP contribution < -0.4 is 9.97 Å². The first kappa shape index (κ1) is 34.0. The normalized spacial score (nSPS) is 12.5. The second-order valence-corrected chi connectivity index (χ2v) is 10.6. The van der Waals surface area contributed by atoms with E-state index in [1.165, 1.54) is 0 Å². The van der Waals surface area contributed by atoms with E-state index in [1.807, 2.05) is 52.0 Å². The van der Waals surface area contributed by atoms with Crippen LogP contribution in [0, 0.1) is 13.8 Å². The molecule has 0 unspecified atom stereocenters. The Labute approximate surface area is 266 Å². The van der Waals surface area contributed by atoms with E-state index in [9.17, 15) is 19.8 Å². The molecule has 2 aliphatic heterocycles. The number of allylic oxidation sites excluding steroid dienone is 6. The van der Waals surface area contributed by atoms with Gasteiger partial charge in [0.25, 0.3) is 0 Å². The third kappa shape index (κ3) is 6.24. The first-order valence-corrected chi connectivity index (χ1v) is 13.8. The van der Waals surface area contributed by atoms with Crippen molar-refractivity contribution in [1.29, 1.82) is 0 Å². The Morgan fingerprint density at radius 3 is 1.48 bits per heavy atom. The van der Waals surface area contributed by atoms with Gasteiger partial charge < -0.3 is 25.7 Å². The van der Waals surface area contributed by atoms with Crippen LogP contribution in [-0.2, 0) is 39.5 Å². The third-order valence-electron chi connectivity index (χ3n) is 8.06. The topological polar surface area (TPSA) is 159 Å². The summed E-state index contributed by atoms with van der Waals surface area (Å²) in [5, 5.41) is 18.9. The van der Waals surface area contributed by atoms with Gasteiger partial charge in [0.15, 0.2) is 0 Å². The van der Waals surface area contributed by atoms with E-state index in [4.69, 9.17) is 19.9 Å². The predicted octanol–water partition coefficient (Wildman–Crippen LogP) is 6.28. The summed E-state index contributed by atoms with van der Waals surface area (Å²) in [5.74, 6) is -1.80. The van der Waals surface area contributed by atoms with Gasteiger partial charge in [0, 0.05) is 41.1 Å². The van der Waals surface area contributed by atoms with Crippen LogP contribution in [0.2, 0.25) is 0 Å². The molecule has 5 rings (SSSR count). The largest absolute Gasteiger partial charge is 0.870 e. The summed E-state index contributed by atoms with van der Waals surface area (Å²) in [5.41, 5.74) is 12.6. The van der Waals surface area contributed by atoms with Crippen LogP contribution in [0.15, 0.2) is 49.6 Å². The SMILES string of the molecule is C=CC1=C(C)c2cc3[n-]c(cc4[n-]c(cc5nc(cc1n2)C(C)=C5C=C)c(C)c4CCC(=O)O)c(CCC(=O)O)c3C.[Fe].[OH-]. The van der Waals surface area contributed by atoms with Crippen LogP contribution in [-0.4, -0.2) is 37.6 Å². The zero-order chi connectivity index (χ0) is 30.3. The summed E-state index contributed by atoms with van der Waals surface area (Å²) in [6.07, 6.45) is 4.06. The molecule has 3 N–H and O–H groups in total. The minimum Gasteiger partial charge on any atom is -0.870 e. The number of aromatic nitrogens is 4. The zero-order valence-corrected chi connectivity index (χ0v) is 26.1. The monoisotopic (exact) mass is 633 g/mol. The van der Waals surface area contributed by atoms with Gasteiger partial charge in [-0.15, -0.1) is 22.1 Å². The van der Waals surface area contributed by atoms with Crippen LogP contribution in [0.5, 0.6) is 0 Å². The van der Waals surface area contributed by atoms with Gasteiger partial charge in [0.2, 0.25) is 0 Å². The zero-order valence-electron chi connectivity index (χ0n) is 25.0. The average molecular weight is 634 g/mol. The number of fused-ring (bicyclic) bond motifs is 8. The van der Waals surface area contributed by atoms with Crippen molar-refractivity contribution < 1.29 is 42.3 Å². The first-order chi connectivity index (χ1) is 20.0. The van der Waals surface area contributed by atoms with Gasteiger partial charge in [-0.2, -0.15) is 0 Å². The molecule has 5 heterocycles.